The van der Waals surface area contributed by atoms with Gasteiger partial charge in [0.15, 0.2) is 5.13 Å². The molecule has 0 bridgehead atoms. The van der Waals surface area contributed by atoms with Gasteiger partial charge in [-0.15, -0.1) is 0 Å². The normalized spacial score (nSPS) is 13.5. The van der Waals surface area contributed by atoms with Gasteiger partial charge in [-0.3, -0.25) is 10.1 Å². The van der Waals surface area contributed by atoms with Gasteiger partial charge in [0.2, 0.25) is 5.91 Å². The number of anilines is 1. The molecule has 3 rings (SSSR count). The van der Waals surface area contributed by atoms with E-state index >= 15 is 0 Å². The Balaban J connectivity index is 1.61. The lowest BCUT2D eigenvalue weighted by molar-refractivity contribution is -0.131. The van der Waals surface area contributed by atoms with Gasteiger partial charge in [0, 0.05) is 23.9 Å². The molecule has 0 saturated heterocycles. The van der Waals surface area contributed by atoms with E-state index in [1.54, 1.807) is 0 Å². The van der Waals surface area contributed by atoms with Crippen molar-refractivity contribution >= 4 is 28.4 Å². The molecule has 0 saturated carbocycles. The van der Waals surface area contributed by atoms with Crippen molar-refractivity contribution < 1.29 is 9.59 Å². The Morgan fingerprint density at radius 1 is 1.28 bits per heavy atom. The van der Waals surface area contributed by atoms with Crippen molar-refractivity contribution in [3.63, 3.8) is 0 Å². The number of carbonyl (C=O) groups excluding carboxylic acids is 2. The van der Waals surface area contributed by atoms with E-state index in [9.17, 15) is 9.59 Å². The quantitative estimate of drug-likeness (QED) is 0.882. The highest BCUT2D eigenvalue weighted by molar-refractivity contribution is 7.15. The van der Waals surface area contributed by atoms with Crippen molar-refractivity contribution in [2.75, 3.05) is 11.9 Å². The number of nitrogens with one attached hydrogen (secondary N) is 2. The molecule has 2 aromatic rings. The molecule has 1 aliphatic heterocycles. The minimum Gasteiger partial charge on any atom is -0.337 e. The third-order valence-electron chi connectivity index (χ3n) is 3.92. The lowest BCUT2D eigenvalue weighted by atomic mass is 10.1. The summed E-state index contributed by atoms with van der Waals surface area (Å²) in [5.74, 6) is 0.123. The first-order valence-corrected chi connectivity index (χ1v) is 9.20. The van der Waals surface area contributed by atoms with Crippen LogP contribution in [0.15, 0.2) is 30.3 Å². The number of hydrogen-bond donors (Lipinski definition) is 2. The number of amides is 3. The summed E-state index contributed by atoms with van der Waals surface area (Å²) in [6.45, 7) is 5.04. The van der Waals surface area contributed by atoms with Crippen LogP contribution in [0.2, 0.25) is 0 Å². The number of carbonyl (C=O) groups is 2. The van der Waals surface area contributed by atoms with Crippen LogP contribution >= 0.6 is 11.3 Å². The standard InChI is InChI=1S/C18H22N4O2S/c1-12(2)19-17(24)21-18-20-14-8-9-22(11-15(14)25-18)16(23)10-13-6-4-3-5-7-13/h3-7,12H,8-11H2,1-2H3,(H2,19,20,21,24). The van der Waals surface area contributed by atoms with E-state index in [0.29, 0.717) is 24.6 Å². The predicted octanol–water partition coefficient (Wildman–Crippen LogP) is 2.80. The Kier molecular flexibility index (Phi) is 5.33. The molecule has 0 radical (unpaired) electrons. The second-order valence-corrected chi connectivity index (χ2v) is 7.45. The Hall–Kier alpha value is -2.41. The summed E-state index contributed by atoms with van der Waals surface area (Å²) < 4.78 is 0. The van der Waals surface area contributed by atoms with E-state index in [1.165, 1.54) is 11.3 Å². The van der Waals surface area contributed by atoms with Gasteiger partial charge >= 0.3 is 6.03 Å². The van der Waals surface area contributed by atoms with Gasteiger partial charge < -0.3 is 10.2 Å². The average molecular weight is 358 g/mol. The lowest BCUT2D eigenvalue weighted by Gasteiger charge is -2.26. The van der Waals surface area contributed by atoms with Crippen molar-refractivity contribution in [3.8, 4) is 0 Å². The van der Waals surface area contributed by atoms with E-state index in [1.807, 2.05) is 49.1 Å². The number of thiazole rings is 1. The molecule has 1 aliphatic rings. The van der Waals surface area contributed by atoms with E-state index < -0.39 is 0 Å². The minimum absolute atomic E-state index is 0.0701. The van der Waals surface area contributed by atoms with Crippen molar-refractivity contribution in [1.82, 2.24) is 15.2 Å². The number of nitrogens with zero attached hydrogens (tertiary/aromatic N) is 2. The van der Waals surface area contributed by atoms with E-state index in [-0.39, 0.29) is 18.0 Å². The topological polar surface area (TPSA) is 74.3 Å². The van der Waals surface area contributed by atoms with Crippen LogP contribution < -0.4 is 10.6 Å². The maximum Gasteiger partial charge on any atom is 0.321 e. The first-order valence-electron chi connectivity index (χ1n) is 8.39. The van der Waals surface area contributed by atoms with E-state index in [4.69, 9.17) is 0 Å². The fourth-order valence-electron chi connectivity index (χ4n) is 2.74. The molecule has 0 fully saturated rings. The third-order valence-corrected chi connectivity index (χ3v) is 4.92. The van der Waals surface area contributed by atoms with Crippen molar-refractivity contribution in [2.24, 2.45) is 0 Å². The summed E-state index contributed by atoms with van der Waals surface area (Å²) in [6.07, 6.45) is 1.14. The molecule has 0 atom stereocenters. The summed E-state index contributed by atoms with van der Waals surface area (Å²) in [6, 6.07) is 9.59. The molecule has 7 heteroatoms. The van der Waals surface area contributed by atoms with Gasteiger partial charge in [0.25, 0.3) is 0 Å². The number of rotatable bonds is 4. The van der Waals surface area contributed by atoms with Crippen LogP contribution in [-0.4, -0.2) is 34.4 Å². The fraction of sp³-hybridized carbons (Fsp3) is 0.389. The molecule has 0 spiro atoms. The van der Waals surface area contributed by atoms with Crippen LogP contribution in [0.1, 0.15) is 30.0 Å². The summed E-state index contributed by atoms with van der Waals surface area (Å²) in [5.41, 5.74) is 2.00. The van der Waals surface area contributed by atoms with Crippen LogP contribution in [-0.2, 0) is 24.2 Å². The monoisotopic (exact) mass is 358 g/mol. The van der Waals surface area contributed by atoms with Gasteiger partial charge in [-0.25, -0.2) is 9.78 Å². The Labute approximate surface area is 151 Å². The first-order chi connectivity index (χ1) is 12.0. The second kappa shape index (κ2) is 7.65. The zero-order chi connectivity index (χ0) is 17.8. The molecule has 1 aromatic heterocycles. The Morgan fingerprint density at radius 3 is 2.76 bits per heavy atom. The van der Waals surface area contributed by atoms with Crippen molar-refractivity contribution in [3.05, 3.63) is 46.5 Å². The highest BCUT2D eigenvalue weighted by atomic mass is 32.1. The molecule has 3 amide bonds. The summed E-state index contributed by atoms with van der Waals surface area (Å²) in [7, 11) is 0. The van der Waals surface area contributed by atoms with Crippen LogP contribution in [0.5, 0.6) is 0 Å². The predicted molar refractivity (Wildman–Crippen MR) is 98.7 cm³/mol. The number of fused-ring (bicyclic) bond motifs is 1. The van der Waals surface area contributed by atoms with Crippen LogP contribution in [0.3, 0.4) is 0 Å². The number of urea groups is 1. The largest absolute Gasteiger partial charge is 0.337 e. The molecule has 25 heavy (non-hydrogen) atoms. The van der Waals surface area contributed by atoms with Gasteiger partial charge in [-0.1, -0.05) is 41.7 Å². The number of hydrogen-bond acceptors (Lipinski definition) is 4. The summed E-state index contributed by atoms with van der Waals surface area (Å²) >= 11 is 1.44. The Bertz CT molecular complexity index is 758. The smallest absolute Gasteiger partial charge is 0.321 e. The summed E-state index contributed by atoms with van der Waals surface area (Å²) in [4.78, 5) is 31.7. The zero-order valence-corrected chi connectivity index (χ0v) is 15.2. The van der Waals surface area contributed by atoms with Gasteiger partial charge in [-0.2, -0.15) is 0 Å². The first kappa shape index (κ1) is 17.4. The molecular formula is C18H22N4O2S. The summed E-state index contributed by atoms with van der Waals surface area (Å²) in [5, 5.41) is 6.13. The van der Waals surface area contributed by atoms with E-state index in [0.717, 1.165) is 22.6 Å². The molecule has 0 unspecified atom stereocenters. The fourth-order valence-corrected chi connectivity index (χ4v) is 3.76. The van der Waals surface area contributed by atoms with Crippen molar-refractivity contribution in [2.45, 2.75) is 39.3 Å². The highest BCUT2D eigenvalue weighted by Gasteiger charge is 2.24. The molecular weight excluding hydrogens is 336 g/mol. The third kappa shape index (κ3) is 4.57. The highest BCUT2D eigenvalue weighted by Crippen LogP contribution is 2.28. The number of aromatic nitrogens is 1. The van der Waals surface area contributed by atoms with Crippen LogP contribution in [0.25, 0.3) is 0 Å². The second-order valence-electron chi connectivity index (χ2n) is 6.37. The SMILES string of the molecule is CC(C)NC(=O)Nc1nc2c(s1)CN(C(=O)Cc1ccccc1)CC2. The Morgan fingerprint density at radius 2 is 2.04 bits per heavy atom. The van der Waals surface area contributed by atoms with Crippen molar-refractivity contribution in [1.29, 1.82) is 0 Å². The maximum absolute atomic E-state index is 12.5. The van der Waals surface area contributed by atoms with E-state index in [2.05, 4.69) is 15.6 Å². The molecule has 1 aromatic carbocycles. The van der Waals surface area contributed by atoms with Gasteiger partial charge in [0.1, 0.15) is 0 Å². The molecule has 2 heterocycles. The average Bonchev–Trinajstić information content (AvgIpc) is 2.95. The minimum atomic E-state index is -0.252. The van der Waals surface area contributed by atoms with Crippen LogP contribution in [0, 0.1) is 0 Å². The maximum atomic E-state index is 12.5. The lowest BCUT2D eigenvalue weighted by Crippen LogP contribution is -2.36. The molecule has 2 N–H and O–H groups in total. The molecule has 132 valence electrons. The van der Waals surface area contributed by atoms with Gasteiger partial charge in [-0.05, 0) is 19.4 Å². The zero-order valence-electron chi connectivity index (χ0n) is 14.4. The number of benzene rings is 1. The van der Waals surface area contributed by atoms with Crippen LogP contribution in [0.4, 0.5) is 9.93 Å². The molecule has 0 aliphatic carbocycles. The molecule has 6 nitrogen and oxygen atoms in total. The van der Waals surface area contributed by atoms with Gasteiger partial charge in [0.05, 0.1) is 18.7 Å².